The Balaban J connectivity index is 1.02. The Morgan fingerprint density at radius 1 is 0.926 bits per heavy atom. The zero-order valence-corrected chi connectivity index (χ0v) is 33.5. The molecule has 0 bridgehead atoms. The highest BCUT2D eigenvalue weighted by Crippen LogP contribution is 2.51. The molecule has 3 saturated carbocycles. The van der Waals surface area contributed by atoms with Crippen molar-refractivity contribution in [3.63, 3.8) is 0 Å². The Labute approximate surface area is 331 Å². The van der Waals surface area contributed by atoms with Gasteiger partial charge in [-0.1, -0.05) is 117 Å². The molecule has 4 aromatic rings. The minimum Gasteiger partial charge on any atom is -0.393 e. The minimum atomic E-state index is -0.415. The summed E-state index contributed by atoms with van der Waals surface area (Å²) in [5, 5.41) is 14.3. The number of aliphatic hydroxyl groups is 1. The van der Waals surface area contributed by atoms with Crippen LogP contribution < -0.4 is 0 Å². The Hall–Kier alpha value is -3.16. The third-order valence-corrected chi connectivity index (χ3v) is 13.5. The second kappa shape index (κ2) is 18.7. The lowest BCUT2D eigenvalue weighted by molar-refractivity contribution is -0.224. The maximum absolute atomic E-state index is 13.6. The van der Waals surface area contributed by atoms with E-state index in [2.05, 4.69) is 71.8 Å². The second-order valence-electron chi connectivity index (χ2n) is 16.3. The zero-order valence-electron chi connectivity index (χ0n) is 31.9. The Kier molecular flexibility index (Phi) is 13.5. The van der Waals surface area contributed by atoms with Crippen LogP contribution in [0, 0.1) is 5.41 Å². The van der Waals surface area contributed by atoms with E-state index in [-0.39, 0.29) is 17.3 Å². The SMILES string of the molecule is CC(O)Cc1ccccc1[C@H](CCSCC1(CC(=O)ON(C2CCCCC2)C2CCCCC2)CC1)c1cccc(C=Cc2ccc3ccc(Cl)cc3n2)c1. The highest BCUT2D eigenvalue weighted by Gasteiger charge is 2.45. The van der Waals surface area contributed by atoms with Crippen molar-refractivity contribution in [1.29, 1.82) is 0 Å². The van der Waals surface area contributed by atoms with Gasteiger partial charge in [-0.3, -0.25) is 4.79 Å². The molecular weight excluding hydrogens is 708 g/mol. The van der Waals surface area contributed by atoms with Crippen LogP contribution >= 0.6 is 23.4 Å². The average Bonchev–Trinajstić information content (AvgIpc) is 3.95. The lowest BCUT2D eigenvalue weighted by Gasteiger charge is -2.39. The number of carbonyl (C=O) groups is 1. The first kappa shape index (κ1) is 39.1. The van der Waals surface area contributed by atoms with E-state index < -0.39 is 6.10 Å². The van der Waals surface area contributed by atoms with Gasteiger partial charge < -0.3 is 9.94 Å². The molecule has 0 spiro atoms. The molecule has 54 heavy (non-hydrogen) atoms. The fourth-order valence-corrected chi connectivity index (χ4v) is 10.3. The molecule has 1 heterocycles. The van der Waals surface area contributed by atoms with Gasteiger partial charge in [0.2, 0.25) is 0 Å². The monoisotopic (exact) mass is 764 g/mol. The van der Waals surface area contributed by atoms with E-state index >= 15 is 0 Å². The van der Waals surface area contributed by atoms with Gasteiger partial charge in [-0.25, -0.2) is 4.98 Å². The number of nitrogens with zero attached hydrogens (tertiary/aromatic N) is 2. The molecule has 1 aromatic heterocycles. The van der Waals surface area contributed by atoms with Gasteiger partial charge in [0.25, 0.3) is 0 Å². The Morgan fingerprint density at radius 3 is 2.37 bits per heavy atom. The summed E-state index contributed by atoms with van der Waals surface area (Å²) in [6.45, 7) is 1.87. The molecule has 0 saturated heterocycles. The topological polar surface area (TPSA) is 62.7 Å². The number of hydroxylamine groups is 2. The van der Waals surface area contributed by atoms with Gasteiger partial charge in [0, 0.05) is 28.4 Å². The molecule has 3 aliphatic rings. The summed E-state index contributed by atoms with van der Waals surface area (Å²) in [4.78, 5) is 24.7. The van der Waals surface area contributed by atoms with Crippen LogP contribution in [-0.4, -0.2) is 50.8 Å². The maximum Gasteiger partial charge on any atom is 0.325 e. The largest absolute Gasteiger partial charge is 0.393 e. The molecule has 286 valence electrons. The van der Waals surface area contributed by atoms with Gasteiger partial charge >= 0.3 is 5.97 Å². The third kappa shape index (κ3) is 10.6. The number of hydrogen-bond donors (Lipinski definition) is 1. The summed E-state index contributed by atoms with van der Waals surface area (Å²) >= 11 is 8.23. The van der Waals surface area contributed by atoms with Gasteiger partial charge in [0.1, 0.15) is 0 Å². The second-order valence-corrected chi connectivity index (χ2v) is 17.8. The quantitative estimate of drug-likeness (QED) is 0.0905. The van der Waals surface area contributed by atoms with Crippen molar-refractivity contribution in [2.45, 2.75) is 127 Å². The number of rotatable bonds is 16. The fourth-order valence-electron chi connectivity index (χ4n) is 8.75. The van der Waals surface area contributed by atoms with Crippen molar-refractivity contribution >= 4 is 52.4 Å². The number of pyridine rings is 1. The summed E-state index contributed by atoms with van der Waals surface area (Å²) in [7, 11) is 0. The van der Waals surface area contributed by atoms with Crippen molar-refractivity contribution in [3.05, 3.63) is 112 Å². The molecule has 0 radical (unpaired) electrons. The van der Waals surface area contributed by atoms with E-state index in [4.69, 9.17) is 21.4 Å². The first-order valence-electron chi connectivity index (χ1n) is 20.5. The molecule has 3 fully saturated rings. The van der Waals surface area contributed by atoms with Gasteiger partial charge in [-0.15, -0.1) is 5.06 Å². The zero-order chi connectivity index (χ0) is 37.3. The number of aromatic nitrogens is 1. The van der Waals surface area contributed by atoms with E-state index in [9.17, 15) is 9.90 Å². The fraction of sp³-hybridized carbons (Fsp3) is 0.489. The van der Waals surface area contributed by atoms with Crippen molar-refractivity contribution in [2.24, 2.45) is 5.41 Å². The lowest BCUT2D eigenvalue weighted by Crippen LogP contribution is -2.46. The summed E-state index contributed by atoms with van der Waals surface area (Å²) < 4.78 is 0. The lowest BCUT2D eigenvalue weighted by atomic mass is 9.84. The molecule has 0 amide bonds. The molecule has 3 aromatic carbocycles. The summed E-state index contributed by atoms with van der Waals surface area (Å²) in [6, 6.07) is 28.1. The van der Waals surface area contributed by atoms with Crippen LogP contribution in [0.25, 0.3) is 23.1 Å². The standard InChI is InChI=1S/C47H57ClN2O3S/c1-34(51)29-37-12-8-9-18-43(37)44(38-13-10-11-35(30-38)19-23-40-24-21-36-20-22-39(48)31-45(36)49-40)25-28-54-33-47(26-27-47)32-46(52)53-50(41-14-4-2-5-15-41)42-16-6-3-7-17-42/h8-13,18-24,30-31,34,41-42,44,51H,2-7,14-17,25-29,32-33H2,1H3/t34?,44-/m1/s1. The molecule has 1 N–H and O–H groups in total. The molecule has 0 aliphatic heterocycles. The minimum absolute atomic E-state index is 0.0123. The molecule has 5 nitrogen and oxygen atoms in total. The highest BCUT2D eigenvalue weighted by molar-refractivity contribution is 7.99. The summed E-state index contributed by atoms with van der Waals surface area (Å²) in [5.41, 5.74) is 6.71. The molecule has 2 atom stereocenters. The molecule has 1 unspecified atom stereocenters. The van der Waals surface area contributed by atoms with Crippen molar-refractivity contribution < 1.29 is 14.7 Å². The predicted octanol–water partition coefficient (Wildman–Crippen LogP) is 11.8. The van der Waals surface area contributed by atoms with Crippen LogP contribution in [-0.2, 0) is 16.1 Å². The summed E-state index contributed by atoms with van der Waals surface area (Å²) in [5.74, 6) is 2.15. The van der Waals surface area contributed by atoms with Gasteiger partial charge in [-0.05, 0) is 122 Å². The number of thioether (sulfide) groups is 1. The van der Waals surface area contributed by atoms with E-state index in [0.717, 1.165) is 78.6 Å². The van der Waals surface area contributed by atoms with Crippen LogP contribution in [0.4, 0.5) is 0 Å². The number of benzene rings is 3. The van der Waals surface area contributed by atoms with E-state index in [1.807, 2.05) is 43.0 Å². The Bertz CT molecular complexity index is 1860. The van der Waals surface area contributed by atoms with Crippen LogP contribution in [0.2, 0.25) is 5.02 Å². The smallest absolute Gasteiger partial charge is 0.325 e. The normalized spacial score (nSPS) is 19.0. The van der Waals surface area contributed by atoms with Crippen molar-refractivity contribution in [1.82, 2.24) is 10.0 Å². The van der Waals surface area contributed by atoms with Crippen LogP contribution in [0.15, 0.2) is 78.9 Å². The number of aliphatic hydroxyl groups excluding tert-OH is 1. The number of fused-ring (bicyclic) bond motifs is 1. The maximum atomic E-state index is 13.6. The van der Waals surface area contributed by atoms with E-state index in [1.165, 1.54) is 55.2 Å². The van der Waals surface area contributed by atoms with E-state index in [0.29, 0.717) is 29.9 Å². The Morgan fingerprint density at radius 2 is 1.65 bits per heavy atom. The van der Waals surface area contributed by atoms with Crippen LogP contribution in [0.5, 0.6) is 0 Å². The predicted molar refractivity (Wildman–Crippen MR) is 226 cm³/mol. The third-order valence-electron chi connectivity index (χ3n) is 11.9. The average molecular weight is 766 g/mol. The highest BCUT2D eigenvalue weighted by atomic mass is 35.5. The number of halogens is 1. The van der Waals surface area contributed by atoms with Crippen molar-refractivity contribution in [3.8, 4) is 0 Å². The molecular formula is C47H57ClN2O3S. The van der Waals surface area contributed by atoms with Crippen LogP contribution in [0.1, 0.15) is 131 Å². The molecule has 7 rings (SSSR count). The molecule has 7 heteroatoms. The summed E-state index contributed by atoms with van der Waals surface area (Å²) in [6.07, 6.45) is 20.3. The number of hydrogen-bond acceptors (Lipinski definition) is 6. The van der Waals surface area contributed by atoms with Crippen LogP contribution in [0.3, 0.4) is 0 Å². The van der Waals surface area contributed by atoms with Gasteiger partial charge in [0.05, 0.1) is 23.7 Å². The van der Waals surface area contributed by atoms with Gasteiger partial charge in [0.15, 0.2) is 0 Å². The first-order valence-corrected chi connectivity index (χ1v) is 22.0. The van der Waals surface area contributed by atoms with Gasteiger partial charge in [-0.2, -0.15) is 11.8 Å². The van der Waals surface area contributed by atoms with Crippen molar-refractivity contribution in [2.75, 3.05) is 11.5 Å². The molecule has 3 aliphatic carbocycles. The first-order chi connectivity index (χ1) is 26.3. The number of carbonyl (C=O) groups excluding carboxylic acids is 1. The van der Waals surface area contributed by atoms with E-state index in [1.54, 1.807) is 0 Å².